The van der Waals surface area contributed by atoms with Crippen LogP contribution in [0.1, 0.15) is 16.2 Å². The molecule has 1 fully saturated rings. The highest BCUT2D eigenvalue weighted by Crippen LogP contribution is 2.18. The van der Waals surface area contributed by atoms with Crippen LogP contribution >= 0.6 is 0 Å². The molecule has 2 aromatic carbocycles. The number of benzene rings is 2. The lowest BCUT2D eigenvalue weighted by Gasteiger charge is -2.34. The van der Waals surface area contributed by atoms with E-state index in [1.54, 1.807) is 13.2 Å². The van der Waals surface area contributed by atoms with Gasteiger partial charge in [0.05, 0.1) is 24.7 Å². The van der Waals surface area contributed by atoms with Crippen molar-refractivity contribution in [3.63, 3.8) is 0 Å². The minimum Gasteiger partial charge on any atom is -0.497 e. The molecule has 27 heavy (non-hydrogen) atoms. The van der Waals surface area contributed by atoms with Gasteiger partial charge in [0.25, 0.3) is 5.91 Å². The van der Waals surface area contributed by atoms with E-state index >= 15 is 0 Å². The number of amides is 1. The standard InChI is InChI=1S/C21H24N4O2/c1-23-19-9-4-3-8-18(19)22-20(23)15-24-10-12-25(13-11-24)21(26)16-6-5-7-17(14-16)27-2/h3-9,14H,10-13,15H2,1-2H3. The topological polar surface area (TPSA) is 50.6 Å². The molecule has 4 rings (SSSR count). The Hall–Kier alpha value is -2.86. The molecule has 0 aliphatic carbocycles. The van der Waals surface area contributed by atoms with Crippen molar-refractivity contribution >= 4 is 16.9 Å². The molecule has 0 radical (unpaired) electrons. The molecule has 0 unspecified atom stereocenters. The molecular formula is C21H24N4O2. The smallest absolute Gasteiger partial charge is 0.254 e. The third kappa shape index (κ3) is 3.53. The van der Waals surface area contributed by atoms with Crippen molar-refractivity contribution in [2.75, 3.05) is 33.3 Å². The summed E-state index contributed by atoms with van der Waals surface area (Å²) in [6.07, 6.45) is 0. The third-order valence-electron chi connectivity index (χ3n) is 5.22. The van der Waals surface area contributed by atoms with E-state index < -0.39 is 0 Å². The number of hydrogen-bond acceptors (Lipinski definition) is 4. The van der Waals surface area contributed by atoms with Gasteiger partial charge in [0.15, 0.2) is 0 Å². The first-order chi connectivity index (χ1) is 13.2. The summed E-state index contributed by atoms with van der Waals surface area (Å²) in [6.45, 7) is 3.93. The van der Waals surface area contributed by atoms with Gasteiger partial charge in [-0.25, -0.2) is 4.98 Å². The van der Waals surface area contributed by atoms with Crippen molar-refractivity contribution < 1.29 is 9.53 Å². The highest BCUT2D eigenvalue weighted by atomic mass is 16.5. The Morgan fingerprint density at radius 1 is 1.07 bits per heavy atom. The maximum absolute atomic E-state index is 12.7. The van der Waals surface area contributed by atoms with Gasteiger partial charge in [-0.15, -0.1) is 0 Å². The fourth-order valence-corrected chi connectivity index (χ4v) is 3.58. The number of aromatic nitrogens is 2. The van der Waals surface area contributed by atoms with E-state index in [9.17, 15) is 4.79 Å². The van der Waals surface area contributed by atoms with Gasteiger partial charge in [0.1, 0.15) is 11.6 Å². The monoisotopic (exact) mass is 364 g/mol. The van der Waals surface area contributed by atoms with Gasteiger partial charge < -0.3 is 14.2 Å². The summed E-state index contributed by atoms with van der Waals surface area (Å²) < 4.78 is 7.38. The zero-order chi connectivity index (χ0) is 18.8. The van der Waals surface area contributed by atoms with Gasteiger partial charge in [0.2, 0.25) is 0 Å². The van der Waals surface area contributed by atoms with Crippen molar-refractivity contribution in [1.82, 2.24) is 19.4 Å². The molecule has 0 saturated carbocycles. The van der Waals surface area contributed by atoms with Crippen molar-refractivity contribution in [2.24, 2.45) is 7.05 Å². The normalized spacial score (nSPS) is 15.3. The van der Waals surface area contributed by atoms with Crippen molar-refractivity contribution in [3.05, 3.63) is 59.9 Å². The first-order valence-electron chi connectivity index (χ1n) is 9.22. The van der Waals surface area contributed by atoms with Crippen molar-refractivity contribution in [3.8, 4) is 5.75 Å². The Morgan fingerprint density at radius 2 is 1.85 bits per heavy atom. The molecule has 1 saturated heterocycles. The van der Waals surface area contributed by atoms with Gasteiger partial charge in [0, 0.05) is 38.8 Å². The number of carbonyl (C=O) groups excluding carboxylic acids is 1. The van der Waals surface area contributed by atoms with Crippen LogP contribution in [-0.2, 0) is 13.6 Å². The number of imidazole rings is 1. The second kappa shape index (κ2) is 7.40. The van der Waals surface area contributed by atoms with E-state index in [4.69, 9.17) is 9.72 Å². The number of methoxy groups -OCH3 is 1. The molecule has 0 bridgehead atoms. The molecule has 3 aromatic rings. The average molecular weight is 364 g/mol. The lowest BCUT2D eigenvalue weighted by molar-refractivity contribution is 0.0624. The number of piperazine rings is 1. The van der Waals surface area contributed by atoms with Crippen LogP contribution in [0.4, 0.5) is 0 Å². The van der Waals surface area contributed by atoms with Gasteiger partial charge >= 0.3 is 0 Å². The minimum absolute atomic E-state index is 0.0660. The van der Waals surface area contributed by atoms with E-state index in [0.717, 1.165) is 49.6 Å². The summed E-state index contributed by atoms with van der Waals surface area (Å²) in [5.74, 6) is 1.83. The van der Waals surface area contributed by atoms with Gasteiger partial charge in [-0.05, 0) is 30.3 Å². The quantitative estimate of drug-likeness (QED) is 0.714. The third-order valence-corrected chi connectivity index (χ3v) is 5.22. The number of fused-ring (bicyclic) bond motifs is 1. The summed E-state index contributed by atoms with van der Waals surface area (Å²) in [5, 5.41) is 0. The number of aryl methyl sites for hydroxylation is 1. The molecule has 0 atom stereocenters. The second-order valence-corrected chi connectivity index (χ2v) is 6.88. The van der Waals surface area contributed by atoms with Crippen molar-refractivity contribution in [2.45, 2.75) is 6.54 Å². The van der Waals surface area contributed by atoms with Gasteiger partial charge in [-0.2, -0.15) is 0 Å². The van der Waals surface area contributed by atoms with Gasteiger partial charge in [-0.1, -0.05) is 18.2 Å². The fraction of sp³-hybridized carbons (Fsp3) is 0.333. The largest absolute Gasteiger partial charge is 0.497 e. The highest BCUT2D eigenvalue weighted by Gasteiger charge is 2.23. The van der Waals surface area contributed by atoms with Gasteiger partial charge in [-0.3, -0.25) is 9.69 Å². The number of ether oxygens (including phenoxy) is 1. The number of rotatable bonds is 4. The molecule has 1 aromatic heterocycles. The molecule has 0 N–H and O–H groups in total. The van der Waals surface area contributed by atoms with Crippen LogP contribution in [0.2, 0.25) is 0 Å². The lowest BCUT2D eigenvalue weighted by atomic mass is 10.1. The Bertz CT molecular complexity index is 958. The van der Waals surface area contributed by atoms with Crippen molar-refractivity contribution in [1.29, 1.82) is 0 Å². The average Bonchev–Trinajstić information content (AvgIpc) is 3.04. The predicted molar refractivity (Wildman–Crippen MR) is 105 cm³/mol. The number of para-hydroxylation sites is 2. The molecule has 6 heteroatoms. The Kier molecular flexibility index (Phi) is 4.81. The summed E-state index contributed by atoms with van der Waals surface area (Å²) in [4.78, 5) is 21.8. The van der Waals surface area contributed by atoms with Crippen LogP contribution in [0.3, 0.4) is 0 Å². The molecule has 1 aliphatic rings. The van der Waals surface area contributed by atoms with Crippen LogP contribution < -0.4 is 4.74 Å². The zero-order valence-corrected chi connectivity index (χ0v) is 15.8. The molecule has 140 valence electrons. The van der Waals surface area contributed by atoms with Crippen LogP contribution in [0.25, 0.3) is 11.0 Å². The van der Waals surface area contributed by atoms with E-state index in [0.29, 0.717) is 11.3 Å². The summed E-state index contributed by atoms with van der Waals surface area (Å²) >= 11 is 0. The number of carbonyl (C=O) groups is 1. The maximum atomic E-state index is 12.7. The number of nitrogens with zero attached hydrogens (tertiary/aromatic N) is 4. The van der Waals surface area contributed by atoms with Crippen LogP contribution in [-0.4, -0.2) is 58.5 Å². The number of hydrogen-bond donors (Lipinski definition) is 0. The highest BCUT2D eigenvalue weighted by molar-refractivity contribution is 5.94. The Labute approximate surface area is 159 Å². The SMILES string of the molecule is COc1cccc(C(=O)N2CCN(Cc3nc4ccccc4n3C)CC2)c1. The fourth-order valence-electron chi connectivity index (χ4n) is 3.58. The Balaban J connectivity index is 1.39. The summed E-state index contributed by atoms with van der Waals surface area (Å²) in [5.41, 5.74) is 2.86. The first-order valence-corrected chi connectivity index (χ1v) is 9.22. The summed E-state index contributed by atoms with van der Waals surface area (Å²) in [7, 11) is 3.68. The lowest BCUT2D eigenvalue weighted by Crippen LogP contribution is -2.48. The Morgan fingerprint density at radius 3 is 2.59 bits per heavy atom. The molecule has 2 heterocycles. The second-order valence-electron chi connectivity index (χ2n) is 6.88. The molecule has 1 aliphatic heterocycles. The maximum Gasteiger partial charge on any atom is 0.254 e. The molecule has 0 spiro atoms. The molecule has 1 amide bonds. The van der Waals surface area contributed by atoms with Crippen LogP contribution in [0.5, 0.6) is 5.75 Å². The zero-order valence-electron chi connectivity index (χ0n) is 15.8. The predicted octanol–water partition coefficient (Wildman–Crippen LogP) is 2.54. The molecular weight excluding hydrogens is 340 g/mol. The van der Waals surface area contributed by atoms with E-state index in [1.165, 1.54) is 0 Å². The van der Waals surface area contributed by atoms with E-state index in [1.807, 2.05) is 41.3 Å². The summed E-state index contributed by atoms with van der Waals surface area (Å²) in [6, 6.07) is 15.5. The van der Waals surface area contributed by atoms with Crippen LogP contribution in [0.15, 0.2) is 48.5 Å². The molecule has 6 nitrogen and oxygen atoms in total. The van der Waals surface area contributed by atoms with E-state index in [2.05, 4.69) is 22.6 Å². The first kappa shape index (κ1) is 17.5. The van der Waals surface area contributed by atoms with Crippen LogP contribution in [0, 0.1) is 0 Å². The van der Waals surface area contributed by atoms with E-state index in [-0.39, 0.29) is 5.91 Å². The minimum atomic E-state index is 0.0660.